The monoisotopic (exact) mass is 341 g/mol. The van der Waals surface area contributed by atoms with Gasteiger partial charge in [-0.3, -0.25) is 4.79 Å². The predicted molar refractivity (Wildman–Crippen MR) is 100 cm³/mol. The van der Waals surface area contributed by atoms with E-state index in [-0.39, 0.29) is 11.9 Å². The fraction of sp³-hybridized carbons (Fsp3) is 0.381. The summed E-state index contributed by atoms with van der Waals surface area (Å²) in [5.74, 6) is 1.39. The number of hydrogen-bond acceptors (Lipinski definition) is 3. The molecule has 0 aliphatic heterocycles. The van der Waals surface area contributed by atoms with E-state index in [0.29, 0.717) is 18.8 Å². The van der Waals surface area contributed by atoms with Gasteiger partial charge in [-0.05, 0) is 57.0 Å². The SMILES string of the molecule is CCC(Oc1cccc(C)c1)C(=O)NC(C)COc1ccc(C)cc1. The van der Waals surface area contributed by atoms with Crippen LogP contribution in [0.3, 0.4) is 0 Å². The van der Waals surface area contributed by atoms with Crippen LogP contribution in [0.5, 0.6) is 11.5 Å². The number of carbonyl (C=O) groups is 1. The third-order valence-electron chi connectivity index (χ3n) is 3.84. The first-order valence-corrected chi connectivity index (χ1v) is 8.71. The largest absolute Gasteiger partial charge is 0.491 e. The number of rotatable bonds is 8. The summed E-state index contributed by atoms with van der Waals surface area (Å²) in [6, 6.07) is 15.5. The lowest BCUT2D eigenvalue weighted by Crippen LogP contribution is -2.44. The van der Waals surface area contributed by atoms with Crippen molar-refractivity contribution in [3.05, 3.63) is 59.7 Å². The molecular formula is C21H27NO3. The fourth-order valence-corrected chi connectivity index (χ4v) is 2.41. The van der Waals surface area contributed by atoms with Gasteiger partial charge in [0.25, 0.3) is 5.91 Å². The van der Waals surface area contributed by atoms with Crippen LogP contribution in [0.1, 0.15) is 31.4 Å². The molecule has 0 radical (unpaired) electrons. The van der Waals surface area contributed by atoms with E-state index in [1.807, 2.05) is 76.2 Å². The van der Waals surface area contributed by atoms with E-state index < -0.39 is 6.10 Å². The molecule has 25 heavy (non-hydrogen) atoms. The molecule has 2 rings (SSSR count). The zero-order valence-corrected chi connectivity index (χ0v) is 15.4. The average Bonchev–Trinajstić information content (AvgIpc) is 2.59. The molecule has 1 N–H and O–H groups in total. The molecule has 0 fully saturated rings. The van der Waals surface area contributed by atoms with Gasteiger partial charge in [-0.15, -0.1) is 0 Å². The first-order valence-electron chi connectivity index (χ1n) is 8.71. The summed E-state index contributed by atoms with van der Waals surface area (Å²) >= 11 is 0. The zero-order chi connectivity index (χ0) is 18.2. The Morgan fingerprint density at radius 2 is 1.76 bits per heavy atom. The zero-order valence-electron chi connectivity index (χ0n) is 15.4. The van der Waals surface area contributed by atoms with E-state index in [9.17, 15) is 4.79 Å². The van der Waals surface area contributed by atoms with E-state index >= 15 is 0 Å². The third-order valence-corrected chi connectivity index (χ3v) is 3.84. The topological polar surface area (TPSA) is 47.6 Å². The molecule has 0 saturated heterocycles. The summed E-state index contributed by atoms with van der Waals surface area (Å²) in [4.78, 5) is 12.4. The van der Waals surface area contributed by atoms with Gasteiger partial charge < -0.3 is 14.8 Å². The van der Waals surface area contributed by atoms with Crippen LogP contribution in [0.25, 0.3) is 0 Å². The number of amides is 1. The highest BCUT2D eigenvalue weighted by molar-refractivity contribution is 5.81. The molecular weight excluding hydrogens is 314 g/mol. The van der Waals surface area contributed by atoms with E-state index in [0.717, 1.165) is 11.3 Å². The molecule has 4 nitrogen and oxygen atoms in total. The number of benzene rings is 2. The first-order chi connectivity index (χ1) is 12.0. The summed E-state index contributed by atoms with van der Waals surface area (Å²) in [5, 5.41) is 2.96. The molecule has 1 amide bonds. The quantitative estimate of drug-likeness (QED) is 0.788. The maximum atomic E-state index is 12.4. The first kappa shape index (κ1) is 18.8. The van der Waals surface area contributed by atoms with Crippen molar-refractivity contribution in [2.75, 3.05) is 6.61 Å². The van der Waals surface area contributed by atoms with Crippen molar-refractivity contribution in [2.24, 2.45) is 0 Å². The Labute approximate surface area is 150 Å². The maximum Gasteiger partial charge on any atom is 0.261 e. The number of hydrogen-bond donors (Lipinski definition) is 1. The van der Waals surface area contributed by atoms with Crippen LogP contribution in [0, 0.1) is 13.8 Å². The Bertz CT molecular complexity index is 682. The smallest absolute Gasteiger partial charge is 0.261 e. The molecule has 134 valence electrons. The number of nitrogens with one attached hydrogen (secondary N) is 1. The predicted octanol–water partition coefficient (Wildman–Crippen LogP) is 4.04. The highest BCUT2D eigenvalue weighted by atomic mass is 16.5. The average molecular weight is 341 g/mol. The summed E-state index contributed by atoms with van der Waals surface area (Å²) in [6.45, 7) is 8.30. The second-order valence-corrected chi connectivity index (χ2v) is 6.36. The van der Waals surface area contributed by atoms with Crippen LogP contribution < -0.4 is 14.8 Å². The normalized spacial score (nSPS) is 13.0. The Kier molecular flexibility index (Phi) is 6.87. The van der Waals surface area contributed by atoms with Gasteiger partial charge in [0, 0.05) is 0 Å². The molecule has 2 unspecified atom stereocenters. The van der Waals surface area contributed by atoms with Gasteiger partial charge >= 0.3 is 0 Å². The van der Waals surface area contributed by atoms with Gasteiger partial charge in [0.15, 0.2) is 6.10 Å². The number of ether oxygens (including phenoxy) is 2. The molecule has 2 aromatic rings. The van der Waals surface area contributed by atoms with Crippen LogP contribution >= 0.6 is 0 Å². The molecule has 0 aromatic heterocycles. The van der Waals surface area contributed by atoms with Crippen molar-refractivity contribution in [1.82, 2.24) is 5.32 Å². The molecule has 2 atom stereocenters. The molecule has 0 aliphatic carbocycles. The Hall–Kier alpha value is -2.49. The van der Waals surface area contributed by atoms with Crippen molar-refractivity contribution in [1.29, 1.82) is 0 Å². The molecule has 0 aliphatic rings. The lowest BCUT2D eigenvalue weighted by molar-refractivity contribution is -0.128. The second-order valence-electron chi connectivity index (χ2n) is 6.36. The Balaban J connectivity index is 1.84. The van der Waals surface area contributed by atoms with E-state index in [2.05, 4.69) is 5.32 Å². The second kappa shape index (κ2) is 9.11. The summed E-state index contributed by atoms with van der Waals surface area (Å²) in [6.07, 6.45) is 0.0920. The maximum absolute atomic E-state index is 12.4. The number of carbonyl (C=O) groups excluding carboxylic acids is 1. The molecule has 4 heteroatoms. The van der Waals surface area contributed by atoms with Crippen molar-refractivity contribution < 1.29 is 14.3 Å². The van der Waals surface area contributed by atoms with Crippen LogP contribution in [-0.2, 0) is 4.79 Å². The molecule has 2 aromatic carbocycles. The van der Waals surface area contributed by atoms with Crippen LogP contribution in [0.15, 0.2) is 48.5 Å². The van der Waals surface area contributed by atoms with Crippen LogP contribution in [0.2, 0.25) is 0 Å². The summed E-state index contributed by atoms with van der Waals surface area (Å²) in [5.41, 5.74) is 2.29. The summed E-state index contributed by atoms with van der Waals surface area (Å²) in [7, 11) is 0. The van der Waals surface area contributed by atoms with Crippen molar-refractivity contribution in [3.8, 4) is 11.5 Å². The molecule has 0 spiro atoms. The lowest BCUT2D eigenvalue weighted by atomic mass is 10.2. The molecule has 0 bridgehead atoms. The van der Waals surface area contributed by atoms with Gasteiger partial charge in [0.05, 0.1) is 6.04 Å². The van der Waals surface area contributed by atoms with Crippen molar-refractivity contribution >= 4 is 5.91 Å². The Morgan fingerprint density at radius 3 is 2.40 bits per heavy atom. The van der Waals surface area contributed by atoms with E-state index in [1.54, 1.807) is 0 Å². The lowest BCUT2D eigenvalue weighted by Gasteiger charge is -2.21. The fourth-order valence-electron chi connectivity index (χ4n) is 2.41. The highest BCUT2D eigenvalue weighted by Crippen LogP contribution is 2.16. The van der Waals surface area contributed by atoms with Gasteiger partial charge in [-0.2, -0.15) is 0 Å². The molecule has 0 heterocycles. The van der Waals surface area contributed by atoms with Crippen molar-refractivity contribution in [3.63, 3.8) is 0 Å². The molecule has 0 saturated carbocycles. The van der Waals surface area contributed by atoms with Crippen LogP contribution in [0.4, 0.5) is 0 Å². The van der Waals surface area contributed by atoms with Gasteiger partial charge in [0.2, 0.25) is 0 Å². The van der Waals surface area contributed by atoms with Crippen LogP contribution in [-0.4, -0.2) is 24.7 Å². The van der Waals surface area contributed by atoms with Gasteiger partial charge in [0.1, 0.15) is 18.1 Å². The summed E-state index contributed by atoms with van der Waals surface area (Å²) < 4.78 is 11.5. The van der Waals surface area contributed by atoms with Gasteiger partial charge in [-0.1, -0.05) is 36.8 Å². The minimum absolute atomic E-state index is 0.107. The third kappa shape index (κ3) is 6.14. The standard InChI is InChI=1S/C21H27NO3/c1-5-20(25-19-8-6-7-16(3)13-19)21(23)22-17(4)14-24-18-11-9-15(2)10-12-18/h6-13,17,20H,5,14H2,1-4H3,(H,22,23). The van der Waals surface area contributed by atoms with Crippen molar-refractivity contribution in [2.45, 2.75) is 46.3 Å². The Morgan fingerprint density at radius 1 is 1.04 bits per heavy atom. The van der Waals surface area contributed by atoms with E-state index in [4.69, 9.17) is 9.47 Å². The van der Waals surface area contributed by atoms with Gasteiger partial charge in [-0.25, -0.2) is 0 Å². The van der Waals surface area contributed by atoms with E-state index in [1.165, 1.54) is 5.56 Å². The number of aryl methyl sites for hydroxylation is 2. The minimum Gasteiger partial charge on any atom is -0.491 e. The highest BCUT2D eigenvalue weighted by Gasteiger charge is 2.20. The minimum atomic E-state index is -0.511.